The molecular weight excluding hydrogens is 162 g/mol. The fourth-order valence-corrected chi connectivity index (χ4v) is 1.09. The van der Waals surface area contributed by atoms with E-state index in [1.807, 2.05) is 0 Å². The molecule has 3 heteroatoms. The number of alkyl halides is 1. The molecule has 0 aliphatic carbocycles. The first-order chi connectivity index (χ1) is 5.77. The van der Waals surface area contributed by atoms with Crippen molar-refractivity contribution in [2.45, 2.75) is 6.36 Å². The molecule has 0 saturated heterocycles. The number of hydrogen-bond acceptors (Lipinski definition) is 1. The lowest BCUT2D eigenvalue weighted by Gasteiger charge is -2.16. The Labute approximate surface area is 68.3 Å². The van der Waals surface area contributed by atoms with Crippen molar-refractivity contribution < 1.29 is 13.5 Å². The summed E-state index contributed by atoms with van der Waals surface area (Å²) >= 11 is 0. The third-order valence-corrected chi connectivity index (χ3v) is 1.66. The van der Waals surface area contributed by atoms with Gasteiger partial charge < -0.3 is 4.74 Å². The quantitative estimate of drug-likeness (QED) is 0.578. The van der Waals surface area contributed by atoms with Crippen LogP contribution in [-0.2, 0) is 0 Å². The maximum Gasteiger partial charge on any atom is 0.290 e. The molecule has 1 aliphatic heterocycles. The number of halogens is 2. The molecule has 1 aromatic carbocycles. The Bertz CT molecular complexity index is 333. The smallest absolute Gasteiger partial charge is 0.290 e. The van der Waals surface area contributed by atoms with E-state index in [0.717, 1.165) is 6.08 Å². The number of rotatable bonds is 0. The average molecular weight is 168 g/mol. The van der Waals surface area contributed by atoms with Gasteiger partial charge in [0, 0.05) is 5.56 Å². The van der Waals surface area contributed by atoms with E-state index in [1.165, 1.54) is 0 Å². The van der Waals surface area contributed by atoms with Crippen LogP contribution in [0, 0.1) is 0 Å². The third kappa shape index (κ3) is 1.07. The van der Waals surface area contributed by atoms with Gasteiger partial charge in [-0.05, 0) is 12.1 Å². The van der Waals surface area contributed by atoms with Gasteiger partial charge >= 0.3 is 0 Å². The van der Waals surface area contributed by atoms with E-state index in [1.54, 1.807) is 24.3 Å². The minimum atomic E-state index is -1.94. The SMILES string of the molecule is FC1=Cc2ccccc2OC1F. The fraction of sp³-hybridized carbons (Fsp3) is 0.111. The third-order valence-electron chi connectivity index (χ3n) is 1.66. The van der Waals surface area contributed by atoms with Crippen LogP contribution < -0.4 is 4.74 Å². The van der Waals surface area contributed by atoms with Crippen LogP contribution in [0.25, 0.3) is 6.08 Å². The summed E-state index contributed by atoms with van der Waals surface area (Å²) in [5.74, 6) is -0.500. The Hall–Kier alpha value is -1.38. The lowest BCUT2D eigenvalue weighted by atomic mass is 10.1. The van der Waals surface area contributed by atoms with Gasteiger partial charge in [0.05, 0.1) is 0 Å². The maximum atomic E-state index is 12.6. The number of ether oxygens (including phenoxy) is 1. The lowest BCUT2D eigenvalue weighted by molar-refractivity contribution is 0.0777. The van der Waals surface area contributed by atoms with Crippen LogP contribution in [0.2, 0.25) is 0 Å². The molecule has 0 radical (unpaired) electrons. The lowest BCUT2D eigenvalue weighted by Crippen LogP contribution is -2.14. The molecule has 0 fully saturated rings. The Kier molecular flexibility index (Phi) is 1.57. The molecule has 62 valence electrons. The van der Waals surface area contributed by atoms with Gasteiger partial charge in [-0.15, -0.1) is 0 Å². The van der Waals surface area contributed by atoms with Crippen LogP contribution in [0.15, 0.2) is 30.1 Å². The van der Waals surface area contributed by atoms with Gasteiger partial charge in [0.2, 0.25) is 0 Å². The molecule has 1 nitrogen and oxygen atoms in total. The number of para-hydroxylation sites is 1. The first-order valence-electron chi connectivity index (χ1n) is 3.54. The van der Waals surface area contributed by atoms with Crippen molar-refractivity contribution in [3.8, 4) is 5.75 Å². The molecule has 1 aromatic rings. The summed E-state index contributed by atoms with van der Waals surface area (Å²) in [5, 5.41) is 0. The maximum absolute atomic E-state index is 12.6. The van der Waals surface area contributed by atoms with E-state index in [-0.39, 0.29) is 0 Å². The van der Waals surface area contributed by atoms with Crippen LogP contribution in [0.1, 0.15) is 5.56 Å². The highest BCUT2D eigenvalue weighted by Crippen LogP contribution is 2.29. The Balaban J connectivity index is 2.49. The second kappa shape index (κ2) is 2.59. The zero-order valence-corrected chi connectivity index (χ0v) is 6.13. The molecule has 1 aliphatic rings. The summed E-state index contributed by atoms with van der Waals surface area (Å²) in [6.45, 7) is 0. The second-order valence-corrected chi connectivity index (χ2v) is 2.50. The highest BCUT2D eigenvalue weighted by atomic mass is 19.2. The van der Waals surface area contributed by atoms with Crippen molar-refractivity contribution >= 4 is 6.08 Å². The minimum absolute atomic E-state index is 0.381. The largest absolute Gasteiger partial charge is 0.453 e. The molecule has 0 spiro atoms. The van der Waals surface area contributed by atoms with E-state index in [4.69, 9.17) is 0 Å². The second-order valence-electron chi connectivity index (χ2n) is 2.50. The predicted octanol–water partition coefficient (Wildman–Crippen LogP) is 2.69. The Morgan fingerprint density at radius 2 is 2.00 bits per heavy atom. The molecule has 0 aromatic heterocycles. The molecule has 0 bridgehead atoms. The number of hydrogen-bond donors (Lipinski definition) is 0. The van der Waals surface area contributed by atoms with Crippen molar-refractivity contribution in [1.29, 1.82) is 0 Å². The van der Waals surface area contributed by atoms with Crippen molar-refractivity contribution in [2.75, 3.05) is 0 Å². The molecule has 12 heavy (non-hydrogen) atoms. The van der Waals surface area contributed by atoms with Crippen molar-refractivity contribution in [3.05, 3.63) is 35.7 Å². The summed E-state index contributed by atoms with van der Waals surface area (Å²) in [7, 11) is 0. The van der Waals surface area contributed by atoms with Gasteiger partial charge in [0.25, 0.3) is 6.36 Å². The summed E-state index contributed by atoms with van der Waals surface area (Å²) in [4.78, 5) is 0. The highest BCUT2D eigenvalue weighted by Gasteiger charge is 2.20. The van der Waals surface area contributed by atoms with E-state index in [9.17, 15) is 8.78 Å². The molecule has 1 unspecified atom stereocenters. The zero-order chi connectivity index (χ0) is 8.55. The van der Waals surface area contributed by atoms with Gasteiger partial charge in [-0.1, -0.05) is 18.2 Å². The van der Waals surface area contributed by atoms with E-state index >= 15 is 0 Å². The van der Waals surface area contributed by atoms with Crippen LogP contribution in [0.3, 0.4) is 0 Å². The Morgan fingerprint density at radius 1 is 1.25 bits per heavy atom. The number of fused-ring (bicyclic) bond motifs is 1. The van der Waals surface area contributed by atoms with Crippen LogP contribution in [0.5, 0.6) is 5.75 Å². The van der Waals surface area contributed by atoms with Crippen LogP contribution >= 0.6 is 0 Å². The Morgan fingerprint density at radius 3 is 2.83 bits per heavy atom. The molecular formula is C9H6F2O. The molecule has 0 N–H and O–H groups in total. The predicted molar refractivity (Wildman–Crippen MR) is 41.1 cm³/mol. The monoisotopic (exact) mass is 168 g/mol. The number of benzene rings is 1. The van der Waals surface area contributed by atoms with Gasteiger partial charge in [-0.2, -0.15) is 4.39 Å². The summed E-state index contributed by atoms with van der Waals surface area (Å²) in [5.41, 5.74) is 0.573. The zero-order valence-electron chi connectivity index (χ0n) is 6.13. The van der Waals surface area contributed by atoms with Crippen LogP contribution in [0.4, 0.5) is 8.78 Å². The van der Waals surface area contributed by atoms with Gasteiger partial charge in [0.1, 0.15) is 5.75 Å². The molecule has 0 amide bonds. The molecule has 1 heterocycles. The molecule has 1 atom stereocenters. The van der Waals surface area contributed by atoms with Gasteiger partial charge in [0.15, 0.2) is 5.83 Å². The molecule has 2 rings (SSSR count). The molecule has 0 saturated carbocycles. The topological polar surface area (TPSA) is 9.23 Å². The van der Waals surface area contributed by atoms with E-state index in [0.29, 0.717) is 11.3 Å². The van der Waals surface area contributed by atoms with Crippen molar-refractivity contribution in [2.24, 2.45) is 0 Å². The van der Waals surface area contributed by atoms with E-state index < -0.39 is 12.2 Å². The van der Waals surface area contributed by atoms with Gasteiger partial charge in [-0.3, -0.25) is 0 Å². The normalized spacial score (nSPS) is 20.8. The average Bonchev–Trinajstić information content (AvgIpc) is 2.07. The summed E-state index contributed by atoms with van der Waals surface area (Å²) in [6.07, 6.45) is -0.802. The van der Waals surface area contributed by atoms with E-state index in [2.05, 4.69) is 4.74 Å². The van der Waals surface area contributed by atoms with Gasteiger partial charge in [-0.25, -0.2) is 4.39 Å². The summed E-state index contributed by atoms with van der Waals surface area (Å²) < 4.78 is 29.8. The first-order valence-corrected chi connectivity index (χ1v) is 3.54. The van der Waals surface area contributed by atoms with Crippen molar-refractivity contribution in [1.82, 2.24) is 0 Å². The summed E-state index contributed by atoms with van der Waals surface area (Å²) in [6, 6.07) is 6.72. The van der Waals surface area contributed by atoms with Crippen LogP contribution in [-0.4, -0.2) is 6.36 Å². The first kappa shape index (κ1) is 7.28. The van der Waals surface area contributed by atoms with Crippen molar-refractivity contribution in [3.63, 3.8) is 0 Å². The standard InChI is InChI=1S/C9H6F2O/c10-7-5-6-3-1-2-4-8(6)12-9(7)11/h1-5,9H. The fourth-order valence-electron chi connectivity index (χ4n) is 1.09. The highest BCUT2D eigenvalue weighted by molar-refractivity contribution is 5.61. The minimum Gasteiger partial charge on any atom is -0.453 e.